The summed E-state index contributed by atoms with van der Waals surface area (Å²) in [5.41, 5.74) is 2.10. The summed E-state index contributed by atoms with van der Waals surface area (Å²) < 4.78 is 10.9. The average Bonchev–Trinajstić information content (AvgIpc) is 2.83. The first-order valence-electron chi connectivity index (χ1n) is 7.16. The molecule has 2 N–H and O–H groups in total. The zero-order valence-corrected chi connectivity index (χ0v) is 12.9. The van der Waals surface area contributed by atoms with E-state index in [0.29, 0.717) is 6.54 Å². The third-order valence-electron chi connectivity index (χ3n) is 3.40. The maximum Gasteiger partial charge on any atom is 0.191 e. The van der Waals surface area contributed by atoms with Gasteiger partial charge in [0.1, 0.15) is 11.3 Å². The Labute approximate surface area is 125 Å². The van der Waals surface area contributed by atoms with Gasteiger partial charge in [-0.1, -0.05) is 18.2 Å². The van der Waals surface area contributed by atoms with E-state index in [9.17, 15) is 0 Å². The molecular weight excluding hydrogens is 266 g/mol. The van der Waals surface area contributed by atoms with Crippen molar-refractivity contribution in [2.24, 2.45) is 4.99 Å². The summed E-state index contributed by atoms with van der Waals surface area (Å²) >= 11 is 0. The summed E-state index contributed by atoms with van der Waals surface area (Å²) in [7, 11) is 3.47. The van der Waals surface area contributed by atoms with Crippen LogP contribution in [0.4, 0.5) is 0 Å². The Bertz CT molecular complexity index is 605. The molecule has 2 aromatic rings. The third kappa shape index (κ3) is 3.98. The van der Waals surface area contributed by atoms with Crippen LogP contribution < -0.4 is 10.6 Å². The zero-order valence-electron chi connectivity index (χ0n) is 12.9. The minimum atomic E-state index is 0.616. The number of guanidine groups is 1. The minimum Gasteiger partial charge on any atom is -0.459 e. The maximum atomic E-state index is 5.87. The highest BCUT2D eigenvalue weighted by Gasteiger charge is 2.09. The van der Waals surface area contributed by atoms with Gasteiger partial charge in [-0.05, 0) is 19.4 Å². The van der Waals surface area contributed by atoms with Crippen molar-refractivity contribution in [3.05, 3.63) is 35.6 Å². The van der Waals surface area contributed by atoms with E-state index in [1.807, 2.05) is 18.2 Å². The Kier molecular flexibility index (Phi) is 5.63. The van der Waals surface area contributed by atoms with Gasteiger partial charge < -0.3 is 19.8 Å². The van der Waals surface area contributed by atoms with E-state index < -0.39 is 0 Å². The van der Waals surface area contributed by atoms with Gasteiger partial charge in [0.2, 0.25) is 0 Å². The molecule has 0 bridgehead atoms. The van der Waals surface area contributed by atoms with Gasteiger partial charge in [0.05, 0.1) is 6.54 Å². The van der Waals surface area contributed by atoms with Crippen molar-refractivity contribution < 1.29 is 9.15 Å². The highest BCUT2D eigenvalue weighted by molar-refractivity contribution is 5.82. The molecule has 0 atom stereocenters. The van der Waals surface area contributed by atoms with E-state index in [-0.39, 0.29) is 0 Å². The molecule has 114 valence electrons. The fourth-order valence-corrected chi connectivity index (χ4v) is 2.20. The normalized spacial score (nSPS) is 11.9. The lowest BCUT2D eigenvalue weighted by Gasteiger charge is -2.10. The van der Waals surface area contributed by atoms with Gasteiger partial charge >= 0.3 is 0 Å². The van der Waals surface area contributed by atoms with Gasteiger partial charge in [-0.2, -0.15) is 0 Å². The van der Waals surface area contributed by atoms with E-state index in [0.717, 1.165) is 42.3 Å². The largest absolute Gasteiger partial charge is 0.459 e. The summed E-state index contributed by atoms with van der Waals surface area (Å²) in [6, 6.07) is 8.08. The number of hydrogen-bond donors (Lipinski definition) is 2. The summed E-state index contributed by atoms with van der Waals surface area (Å²) in [4.78, 5) is 4.20. The zero-order chi connectivity index (χ0) is 15.1. The lowest BCUT2D eigenvalue weighted by molar-refractivity contribution is 0.195. The number of hydrogen-bond acceptors (Lipinski definition) is 3. The molecule has 0 fully saturated rings. The molecule has 5 heteroatoms. The lowest BCUT2D eigenvalue weighted by Crippen LogP contribution is -2.37. The Hall–Kier alpha value is -2.01. The van der Waals surface area contributed by atoms with Gasteiger partial charge in [0, 0.05) is 38.3 Å². The molecule has 21 heavy (non-hydrogen) atoms. The van der Waals surface area contributed by atoms with Gasteiger partial charge in [0.25, 0.3) is 0 Å². The summed E-state index contributed by atoms with van der Waals surface area (Å²) in [6.07, 6.45) is 0.945. The van der Waals surface area contributed by atoms with Crippen molar-refractivity contribution in [3.63, 3.8) is 0 Å². The molecule has 1 aromatic heterocycles. The van der Waals surface area contributed by atoms with E-state index in [1.165, 1.54) is 5.56 Å². The fourth-order valence-electron chi connectivity index (χ4n) is 2.20. The molecule has 1 heterocycles. The third-order valence-corrected chi connectivity index (χ3v) is 3.40. The predicted octanol–water partition coefficient (Wildman–Crippen LogP) is 2.44. The first-order chi connectivity index (χ1) is 10.3. The number of furan rings is 1. The molecule has 0 aliphatic carbocycles. The average molecular weight is 289 g/mol. The number of nitrogens with zero attached hydrogens (tertiary/aromatic N) is 1. The summed E-state index contributed by atoms with van der Waals surface area (Å²) in [6.45, 7) is 4.27. The standard InChI is InChI=1S/C16H23N3O2/c1-12-13-7-4-5-8-14(13)21-15(12)11-19-16(17-2)18-9-6-10-20-3/h4-5,7-8H,6,9-11H2,1-3H3,(H2,17,18,19). The molecule has 0 amide bonds. The van der Waals surface area contributed by atoms with Crippen molar-refractivity contribution in [2.45, 2.75) is 19.9 Å². The molecule has 0 radical (unpaired) electrons. The number of para-hydroxylation sites is 1. The van der Waals surface area contributed by atoms with Gasteiger partial charge in [-0.15, -0.1) is 0 Å². The second-order valence-corrected chi connectivity index (χ2v) is 4.85. The molecule has 0 saturated heterocycles. The van der Waals surface area contributed by atoms with Gasteiger partial charge in [0.15, 0.2) is 5.96 Å². The number of ether oxygens (including phenoxy) is 1. The Morgan fingerprint density at radius 1 is 1.29 bits per heavy atom. The lowest BCUT2D eigenvalue weighted by atomic mass is 10.1. The van der Waals surface area contributed by atoms with Crippen LogP contribution in [-0.4, -0.2) is 33.3 Å². The number of benzene rings is 1. The number of fused-ring (bicyclic) bond motifs is 1. The monoisotopic (exact) mass is 289 g/mol. The van der Waals surface area contributed by atoms with Crippen LogP contribution in [0.15, 0.2) is 33.7 Å². The number of aliphatic imine (C=N–C) groups is 1. The summed E-state index contributed by atoms with van der Waals surface area (Å²) in [5.74, 6) is 1.71. The molecule has 0 spiro atoms. The van der Waals surface area contributed by atoms with Crippen molar-refractivity contribution in [1.82, 2.24) is 10.6 Å². The van der Waals surface area contributed by atoms with E-state index in [4.69, 9.17) is 9.15 Å². The molecule has 0 unspecified atom stereocenters. The Balaban J connectivity index is 1.92. The van der Waals surface area contributed by atoms with E-state index in [2.05, 4.69) is 28.6 Å². The quantitative estimate of drug-likeness (QED) is 0.487. The van der Waals surface area contributed by atoms with Crippen molar-refractivity contribution in [2.75, 3.05) is 27.3 Å². The minimum absolute atomic E-state index is 0.616. The number of methoxy groups -OCH3 is 1. The first-order valence-corrected chi connectivity index (χ1v) is 7.16. The van der Waals surface area contributed by atoms with Gasteiger partial charge in [-0.3, -0.25) is 4.99 Å². The van der Waals surface area contributed by atoms with Crippen molar-refractivity contribution in [1.29, 1.82) is 0 Å². The van der Waals surface area contributed by atoms with E-state index >= 15 is 0 Å². The Morgan fingerprint density at radius 3 is 2.81 bits per heavy atom. The smallest absolute Gasteiger partial charge is 0.191 e. The van der Waals surface area contributed by atoms with Crippen LogP contribution in [0.2, 0.25) is 0 Å². The van der Waals surface area contributed by atoms with Crippen LogP contribution in [0.5, 0.6) is 0 Å². The first kappa shape index (κ1) is 15.4. The second kappa shape index (κ2) is 7.69. The molecular formula is C16H23N3O2. The van der Waals surface area contributed by atoms with Crippen LogP contribution in [0.1, 0.15) is 17.7 Å². The van der Waals surface area contributed by atoms with E-state index in [1.54, 1.807) is 14.2 Å². The molecule has 0 saturated carbocycles. The van der Waals surface area contributed by atoms with Crippen LogP contribution >= 0.6 is 0 Å². The molecule has 0 aliphatic rings. The van der Waals surface area contributed by atoms with Crippen LogP contribution in [0.3, 0.4) is 0 Å². The highest BCUT2D eigenvalue weighted by atomic mass is 16.5. The number of rotatable bonds is 6. The Morgan fingerprint density at radius 2 is 2.10 bits per heavy atom. The van der Waals surface area contributed by atoms with Crippen LogP contribution in [0, 0.1) is 6.92 Å². The molecule has 1 aromatic carbocycles. The van der Waals surface area contributed by atoms with Crippen LogP contribution in [0.25, 0.3) is 11.0 Å². The maximum absolute atomic E-state index is 5.87. The van der Waals surface area contributed by atoms with Crippen molar-refractivity contribution >= 4 is 16.9 Å². The molecule has 2 rings (SSSR count). The topological polar surface area (TPSA) is 58.8 Å². The van der Waals surface area contributed by atoms with Gasteiger partial charge in [-0.25, -0.2) is 0 Å². The van der Waals surface area contributed by atoms with Crippen molar-refractivity contribution in [3.8, 4) is 0 Å². The SMILES string of the molecule is CN=C(NCCCOC)NCc1oc2ccccc2c1C. The van der Waals surface area contributed by atoms with Crippen LogP contribution in [-0.2, 0) is 11.3 Å². The fraction of sp³-hybridized carbons (Fsp3) is 0.438. The highest BCUT2D eigenvalue weighted by Crippen LogP contribution is 2.24. The number of nitrogens with one attached hydrogen (secondary N) is 2. The predicted molar refractivity (Wildman–Crippen MR) is 85.6 cm³/mol. The molecule has 0 aliphatic heterocycles. The summed E-state index contributed by atoms with van der Waals surface area (Å²) in [5, 5.41) is 7.68. The molecule has 5 nitrogen and oxygen atoms in total. The number of aryl methyl sites for hydroxylation is 1. The second-order valence-electron chi connectivity index (χ2n) is 4.85.